The van der Waals surface area contributed by atoms with E-state index < -0.39 is 11.0 Å². The Morgan fingerprint density at radius 3 is 2.59 bits per heavy atom. The van der Waals surface area contributed by atoms with Gasteiger partial charge >= 0.3 is 6.03 Å². The zero-order valence-corrected chi connectivity index (χ0v) is 8.92. The molecule has 0 saturated heterocycles. The maximum absolute atomic E-state index is 10.4. The van der Waals surface area contributed by atoms with E-state index in [1.165, 1.54) is 18.3 Å². The summed E-state index contributed by atoms with van der Waals surface area (Å²) in [4.78, 5) is 20.2. The number of hydrogen-bond acceptors (Lipinski definition) is 4. The van der Waals surface area contributed by atoms with Gasteiger partial charge in [0.15, 0.2) is 0 Å². The number of non-ortho nitro benzene ring substituents is 1. The molecule has 0 radical (unpaired) electrons. The van der Waals surface area contributed by atoms with E-state index in [0.717, 1.165) is 5.69 Å². The minimum atomic E-state index is -0.628. The van der Waals surface area contributed by atoms with Gasteiger partial charge in [-0.2, -0.15) is 0 Å². The lowest BCUT2D eigenvalue weighted by Crippen LogP contribution is -2.24. The van der Waals surface area contributed by atoms with Crippen LogP contribution in [0.1, 0.15) is 0 Å². The Morgan fingerprint density at radius 1 is 1.41 bits per heavy atom. The van der Waals surface area contributed by atoms with Crippen LogP contribution in [-0.4, -0.2) is 17.5 Å². The molecule has 1 rings (SSSR count). The van der Waals surface area contributed by atoms with Crippen LogP contribution in [0.5, 0.6) is 0 Å². The van der Waals surface area contributed by atoms with E-state index in [-0.39, 0.29) is 5.69 Å². The smallest absolute Gasteiger partial charge is 0.316 e. The molecule has 0 saturated carbocycles. The van der Waals surface area contributed by atoms with Crippen molar-refractivity contribution in [3.05, 3.63) is 46.7 Å². The third-order valence-electron chi connectivity index (χ3n) is 1.85. The fraction of sp³-hybridized carbons (Fsp3) is 0.100. The number of hydrogen-bond donors (Lipinski definition) is 3. The summed E-state index contributed by atoms with van der Waals surface area (Å²) in [5.74, 6) is 0. The number of nitro groups is 1. The van der Waals surface area contributed by atoms with Gasteiger partial charge in [-0.15, -0.1) is 0 Å². The average molecular weight is 236 g/mol. The lowest BCUT2D eigenvalue weighted by atomic mass is 10.3. The number of nitrogens with zero attached hydrogens (tertiary/aromatic N) is 1. The molecule has 0 aromatic heterocycles. The van der Waals surface area contributed by atoms with Crippen LogP contribution in [0.15, 0.2) is 36.5 Å². The zero-order chi connectivity index (χ0) is 12.7. The fourth-order valence-electron chi connectivity index (χ4n) is 1.08. The normalized spacial score (nSPS) is 10.1. The monoisotopic (exact) mass is 236 g/mol. The molecule has 1 aromatic rings. The standard InChI is InChI=1S/C10H12N4O3/c11-10(15)13-7-1-6-12-8-2-4-9(5-3-8)14(16)17/h1-5,7,12H,6H2,(H3,11,13,15). The number of carbonyl (C=O) groups is 1. The summed E-state index contributed by atoms with van der Waals surface area (Å²) >= 11 is 0. The van der Waals surface area contributed by atoms with Gasteiger partial charge in [0.05, 0.1) is 4.92 Å². The van der Waals surface area contributed by atoms with Crippen LogP contribution in [0.25, 0.3) is 0 Å². The highest BCUT2D eigenvalue weighted by atomic mass is 16.6. The van der Waals surface area contributed by atoms with Crippen LogP contribution in [0.3, 0.4) is 0 Å². The van der Waals surface area contributed by atoms with E-state index in [0.29, 0.717) is 6.54 Å². The highest BCUT2D eigenvalue weighted by molar-refractivity contribution is 5.72. The maximum atomic E-state index is 10.4. The van der Waals surface area contributed by atoms with E-state index in [4.69, 9.17) is 5.73 Å². The quantitative estimate of drug-likeness (QED) is 0.526. The SMILES string of the molecule is NC(=O)NC=CCNc1ccc([N+](=O)[O-])cc1. The van der Waals surface area contributed by atoms with Crippen molar-refractivity contribution in [2.45, 2.75) is 0 Å². The number of nitro benzene ring substituents is 1. The van der Waals surface area contributed by atoms with Crippen LogP contribution in [0, 0.1) is 10.1 Å². The van der Waals surface area contributed by atoms with Crippen LogP contribution in [0.4, 0.5) is 16.2 Å². The lowest BCUT2D eigenvalue weighted by molar-refractivity contribution is -0.384. The van der Waals surface area contributed by atoms with Gasteiger partial charge in [0.1, 0.15) is 0 Å². The zero-order valence-electron chi connectivity index (χ0n) is 8.92. The first kappa shape index (κ1) is 12.5. The Hall–Kier alpha value is -2.57. The summed E-state index contributed by atoms with van der Waals surface area (Å²) in [6, 6.07) is 5.40. The molecule has 7 nitrogen and oxygen atoms in total. The summed E-state index contributed by atoms with van der Waals surface area (Å²) < 4.78 is 0. The molecule has 0 aliphatic rings. The molecular weight excluding hydrogens is 224 g/mol. The number of nitrogens with two attached hydrogens (primary N) is 1. The molecule has 0 heterocycles. The van der Waals surface area contributed by atoms with Gasteiger partial charge in [0, 0.05) is 30.6 Å². The van der Waals surface area contributed by atoms with Crippen molar-refractivity contribution in [3.8, 4) is 0 Å². The van der Waals surface area contributed by atoms with Crippen molar-refractivity contribution in [1.82, 2.24) is 5.32 Å². The largest absolute Gasteiger partial charge is 0.382 e. The van der Waals surface area contributed by atoms with Gasteiger partial charge < -0.3 is 16.4 Å². The topological polar surface area (TPSA) is 110 Å². The molecule has 0 atom stereocenters. The van der Waals surface area contributed by atoms with Crippen molar-refractivity contribution >= 4 is 17.4 Å². The van der Waals surface area contributed by atoms with Gasteiger partial charge in [-0.05, 0) is 18.2 Å². The van der Waals surface area contributed by atoms with Gasteiger partial charge in [-0.25, -0.2) is 4.79 Å². The van der Waals surface area contributed by atoms with Gasteiger partial charge in [0.25, 0.3) is 5.69 Å². The fourth-order valence-corrected chi connectivity index (χ4v) is 1.08. The number of rotatable bonds is 5. The van der Waals surface area contributed by atoms with E-state index in [1.807, 2.05) is 0 Å². The number of amides is 2. The number of carbonyl (C=O) groups excluding carboxylic acids is 1. The highest BCUT2D eigenvalue weighted by Crippen LogP contribution is 2.14. The number of urea groups is 1. The Kier molecular flexibility index (Phi) is 4.49. The third-order valence-corrected chi connectivity index (χ3v) is 1.85. The van der Waals surface area contributed by atoms with Crippen molar-refractivity contribution in [3.63, 3.8) is 0 Å². The first-order valence-electron chi connectivity index (χ1n) is 4.79. The van der Waals surface area contributed by atoms with E-state index in [2.05, 4.69) is 10.6 Å². The molecule has 4 N–H and O–H groups in total. The van der Waals surface area contributed by atoms with Crippen LogP contribution < -0.4 is 16.4 Å². The Balaban J connectivity index is 2.39. The van der Waals surface area contributed by atoms with E-state index in [1.54, 1.807) is 18.2 Å². The highest BCUT2D eigenvalue weighted by Gasteiger charge is 2.02. The van der Waals surface area contributed by atoms with Gasteiger partial charge in [-0.1, -0.05) is 0 Å². The summed E-state index contributed by atoms with van der Waals surface area (Å²) in [6.45, 7) is 0.470. The molecule has 0 bridgehead atoms. The first-order valence-corrected chi connectivity index (χ1v) is 4.79. The summed E-state index contributed by atoms with van der Waals surface area (Å²) in [5, 5.41) is 15.7. The molecule has 90 valence electrons. The predicted octanol–water partition coefficient (Wildman–Crippen LogP) is 1.19. The van der Waals surface area contributed by atoms with Gasteiger partial charge in [0.2, 0.25) is 0 Å². The first-order chi connectivity index (χ1) is 8.09. The molecule has 7 heteroatoms. The average Bonchev–Trinajstić information content (AvgIpc) is 2.29. The summed E-state index contributed by atoms with van der Waals surface area (Å²) in [6.07, 6.45) is 3.08. The molecule has 17 heavy (non-hydrogen) atoms. The molecule has 1 aromatic carbocycles. The van der Waals surface area contributed by atoms with Gasteiger partial charge in [-0.3, -0.25) is 10.1 Å². The van der Waals surface area contributed by atoms with Crippen LogP contribution in [-0.2, 0) is 0 Å². The number of anilines is 1. The maximum Gasteiger partial charge on any atom is 0.316 e. The molecule has 0 fully saturated rings. The van der Waals surface area contributed by atoms with Crippen molar-refractivity contribution in [2.24, 2.45) is 5.73 Å². The molecule has 0 aliphatic heterocycles. The lowest BCUT2D eigenvalue weighted by Gasteiger charge is -2.02. The summed E-state index contributed by atoms with van der Waals surface area (Å²) in [5.41, 5.74) is 5.64. The third kappa shape index (κ3) is 4.65. The molecular formula is C10H12N4O3. The molecule has 0 aliphatic carbocycles. The predicted molar refractivity (Wildman–Crippen MR) is 63.4 cm³/mol. The van der Waals surface area contributed by atoms with E-state index >= 15 is 0 Å². The minimum Gasteiger partial charge on any atom is -0.382 e. The molecule has 0 unspecified atom stereocenters. The second kappa shape index (κ2) is 6.11. The molecule has 2 amide bonds. The number of benzene rings is 1. The van der Waals surface area contributed by atoms with Crippen LogP contribution >= 0.6 is 0 Å². The Bertz CT molecular complexity index is 428. The Morgan fingerprint density at radius 2 is 2.06 bits per heavy atom. The van der Waals surface area contributed by atoms with E-state index in [9.17, 15) is 14.9 Å². The second-order valence-corrected chi connectivity index (χ2v) is 3.10. The number of primary amides is 1. The summed E-state index contributed by atoms with van der Waals surface area (Å²) in [7, 11) is 0. The number of nitrogens with one attached hydrogen (secondary N) is 2. The van der Waals surface area contributed by atoms with Crippen molar-refractivity contribution < 1.29 is 9.72 Å². The second-order valence-electron chi connectivity index (χ2n) is 3.10. The molecule has 0 spiro atoms. The van der Waals surface area contributed by atoms with Crippen molar-refractivity contribution in [1.29, 1.82) is 0 Å². The minimum absolute atomic E-state index is 0.0430. The van der Waals surface area contributed by atoms with Crippen LogP contribution in [0.2, 0.25) is 0 Å². The van der Waals surface area contributed by atoms with Crippen molar-refractivity contribution in [2.75, 3.05) is 11.9 Å². The Labute approximate surface area is 97.5 Å².